The average Bonchev–Trinajstić information content (AvgIpc) is 2.72. The Labute approximate surface area is 114 Å². The van der Waals surface area contributed by atoms with Crippen molar-refractivity contribution in [2.24, 2.45) is 0 Å². The molecule has 2 aromatic heterocycles. The van der Waals surface area contributed by atoms with E-state index in [1.165, 1.54) is 0 Å². The smallest absolute Gasteiger partial charge is 0.136 e. The van der Waals surface area contributed by atoms with Gasteiger partial charge in [0.05, 0.1) is 18.3 Å². The summed E-state index contributed by atoms with van der Waals surface area (Å²) in [6.07, 6.45) is 3.61. The van der Waals surface area contributed by atoms with Crippen molar-refractivity contribution in [1.29, 1.82) is 0 Å². The van der Waals surface area contributed by atoms with Crippen molar-refractivity contribution >= 4 is 11.0 Å². The van der Waals surface area contributed by atoms with Gasteiger partial charge in [-0.05, 0) is 34.0 Å². The number of nitrogens with zero attached hydrogens (tertiary/aromatic N) is 4. The largest absolute Gasteiger partial charge is 0.372 e. The molecule has 0 aliphatic heterocycles. The summed E-state index contributed by atoms with van der Waals surface area (Å²) >= 11 is 0. The second kappa shape index (κ2) is 6.12. The molecule has 5 heteroatoms. The molecule has 0 atom stereocenters. The molecule has 19 heavy (non-hydrogen) atoms. The Morgan fingerprint density at radius 1 is 1.37 bits per heavy atom. The van der Waals surface area contributed by atoms with Gasteiger partial charge in [0.15, 0.2) is 0 Å². The maximum Gasteiger partial charge on any atom is 0.136 e. The number of fused-ring (bicyclic) bond motifs is 1. The minimum Gasteiger partial charge on any atom is -0.372 e. The predicted octanol–water partition coefficient (Wildman–Crippen LogP) is 2.09. The first kappa shape index (κ1) is 14.0. The van der Waals surface area contributed by atoms with Crippen LogP contribution in [0, 0.1) is 0 Å². The number of imidazole rings is 1. The Kier molecular flexibility index (Phi) is 4.50. The highest BCUT2D eigenvalue weighted by Crippen LogP contribution is 2.20. The molecular weight excluding hydrogens is 240 g/mol. The zero-order valence-electron chi connectivity index (χ0n) is 12.1. The SMILES string of the molecule is CC(C)n1c(COCCN(C)C)nc2cnccc21. The fourth-order valence-corrected chi connectivity index (χ4v) is 2.09. The number of ether oxygens (including phenoxy) is 1. The van der Waals surface area contributed by atoms with Crippen molar-refractivity contribution in [2.45, 2.75) is 26.5 Å². The molecule has 0 fully saturated rings. The summed E-state index contributed by atoms with van der Waals surface area (Å²) in [6, 6.07) is 2.37. The average molecular weight is 262 g/mol. The van der Waals surface area contributed by atoms with E-state index >= 15 is 0 Å². The van der Waals surface area contributed by atoms with Gasteiger partial charge in [-0.25, -0.2) is 4.98 Å². The lowest BCUT2D eigenvalue weighted by Crippen LogP contribution is -2.18. The topological polar surface area (TPSA) is 43.2 Å². The third-order valence-electron chi connectivity index (χ3n) is 3.00. The van der Waals surface area contributed by atoms with E-state index in [1.807, 2.05) is 20.2 Å². The van der Waals surface area contributed by atoms with Crippen molar-refractivity contribution in [2.75, 3.05) is 27.2 Å². The summed E-state index contributed by atoms with van der Waals surface area (Å²) in [5.74, 6) is 0.969. The van der Waals surface area contributed by atoms with Gasteiger partial charge in [0.1, 0.15) is 17.9 Å². The van der Waals surface area contributed by atoms with E-state index in [0.29, 0.717) is 19.3 Å². The minimum atomic E-state index is 0.361. The maximum absolute atomic E-state index is 5.71. The molecule has 5 nitrogen and oxygen atoms in total. The molecule has 0 aromatic carbocycles. The molecule has 0 aliphatic carbocycles. The van der Waals surface area contributed by atoms with E-state index in [4.69, 9.17) is 4.74 Å². The van der Waals surface area contributed by atoms with Crippen LogP contribution in [0.25, 0.3) is 11.0 Å². The molecule has 0 saturated carbocycles. The van der Waals surface area contributed by atoms with Crippen LogP contribution >= 0.6 is 0 Å². The summed E-state index contributed by atoms with van der Waals surface area (Å²) in [6.45, 7) is 6.49. The van der Waals surface area contributed by atoms with Crippen molar-refractivity contribution in [3.8, 4) is 0 Å². The molecule has 0 saturated heterocycles. The van der Waals surface area contributed by atoms with Crippen LogP contribution < -0.4 is 0 Å². The maximum atomic E-state index is 5.71. The van der Waals surface area contributed by atoms with Crippen LogP contribution in [0.1, 0.15) is 25.7 Å². The van der Waals surface area contributed by atoms with Gasteiger partial charge in [0, 0.05) is 18.8 Å². The van der Waals surface area contributed by atoms with E-state index < -0.39 is 0 Å². The zero-order valence-corrected chi connectivity index (χ0v) is 12.1. The summed E-state index contributed by atoms with van der Waals surface area (Å²) in [4.78, 5) is 10.8. The van der Waals surface area contributed by atoms with Crippen LogP contribution in [0.15, 0.2) is 18.5 Å². The third-order valence-corrected chi connectivity index (χ3v) is 3.00. The monoisotopic (exact) mass is 262 g/mol. The lowest BCUT2D eigenvalue weighted by molar-refractivity contribution is 0.0981. The highest BCUT2D eigenvalue weighted by atomic mass is 16.5. The molecule has 0 N–H and O–H groups in total. The zero-order chi connectivity index (χ0) is 13.8. The lowest BCUT2D eigenvalue weighted by atomic mass is 10.3. The molecule has 2 rings (SSSR count). The Bertz CT molecular complexity index is 533. The highest BCUT2D eigenvalue weighted by Gasteiger charge is 2.13. The molecule has 0 radical (unpaired) electrons. The van der Waals surface area contributed by atoms with E-state index in [1.54, 1.807) is 12.4 Å². The first-order valence-corrected chi connectivity index (χ1v) is 6.63. The molecule has 0 spiro atoms. The van der Waals surface area contributed by atoms with E-state index in [9.17, 15) is 0 Å². The molecule has 104 valence electrons. The number of pyridine rings is 1. The Morgan fingerprint density at radius 2 is 2.16 bits per heavy atom. The van der Waals surface area contributed by atoms with Gasteiger partial charge < -0.3 is 14.2 Å². The quantitative estimate of drug-likeness (QED) is 0.748. The van der Waals surface area contributed by atoms with Crippen LogP contribution in [-0.4, -0.2) is 46.7 Å². The Balaban J connectivity index is 2.15. The molecule has 2 heterocycles. The fourth-order valence-electron chi connectivity index (χ4n) is 2.09. The predicted molar refractivity (Wildman–Crippen MR) is 76.1 cm³/mol. The second-order valence-electron chi connectivity index (χ2n) is 5.21. The normalized spacial score (nSPS) is 11.9. The van der Waals surface area contributed by atoms with Crippen molar-refractivity contribution in [3.05, 3.63) is 24.3 Å². The summed E-state index contributed by atoms with van der Waals surface area (Å²) < 4.78 is 7.92. The second-order valence-corrected chi connectivity index (χ2v) is 5.21. The molecular formula is C14H22N4O. The van der Waals surface area contributed by atoms with Crippen LogP contribution in [0.5, 0.6) is 0 Å². The van der Waals surface area contributed by atoms with Gasteiger partial charge in [0.2, 0.25) is 0 Å². The van der Waals surface area contributed by atoms with Crippen LogP contribution in [0.2, 0.25) is 0 Å². The number of hydrogen-bond acceptors (Lipinski definition) is 4. The van der Waals surface area contributed by atoms with Gasteiger partial charge in [-0.1, -0.05) is 0 Å². The summed E-state index contributed by atoms with van der Waals surface area (Å²) in [7, 11) is 4.08. The fraction of sp³-hybridized carbons (Fsp3) is 0.571. The van der Waals surface area contributed by atoms with Crippen molar-refractivity contribution in [3.63, 3.8) is 0 Å². The van der Waals surface area contributed by atoms with Crippen LogP contribution in [0.3, 0.4) is 0 Å². The number of rotatable bonds is 6. The third kappa shape index (κ3) is 3.30. The van der Waals surface area contributed by atoms with E-state index in [2.05, 4.69) is 33.3 Å². The van der Waals surface area contributed by atoms with Crippen molar-refractivity contribution in [1.82, 2.24) is 19.4 Å². The van der Waals surface area contributed by atoms with Crippen LogP contribution in [-0.2, 0) is 11.3 Å². The first-order valence-electron chi connectivity index (χ1n) is 6.63. The van der Waals surface area contributed by atoms with Crippen LogP contribution in [0.4, 0.5) is 0 Å². The number of aromatic nitrogens is 3. The van der Waals surface area contributed by atoms with Gasteiger partial charge >= 0.3 is 0 Å². The molecule has 0 amide bonds. The molecule has 0 bridgehead atoms. The lowest BCUT2D eigenvalue weighted by Gasteiger charge is -2.14. The number of hydrogen-bond donors (Lipinski definition) is 0. The summed E-state index contributed by atoms with van der Waals surface area (Å²) in [5.41, 5.74) is 2.05. The van der Waals surface area contributed by atoms with Gasteiger partial charge in [-0.2, -0.15) is 0 Å². The van der Waals surface area contributed by atoms with E-state index in [0.717, 1.165) is 23.4 Å². The standard InChI is InChI=1S/C14H22N4O/c1-11(2)18-13-5-6-15-9-12(13)16-14(18)10-19-8-7-17(3)4/h5-6,9,11H,7-8,10H2,1-4H3. The summed E-state index contributed by atoms with van der Waals surface area (Å²) in [5, 5.41) is 0. The van der Waals surface area contributed by atoms with Gasteiger partial charge in [-0.3, -0.25) is 4.98 Å². The van der Waals surface area contributed by atoms with Crippen molar-refractivity contribution < 1.29 is 4.74 Å². The van der Waals surface area contributed by atoms with Gasteiger partial charge in [-0.15, -0.1) is 0 Å². The Morgan fingerprint density at radius 3 is 2.84 bits per heavy atom. The molecule has 2 aromatic rings. The minimum absolute atomic E-state index is 0.361. The Hall–Kier alpha value is -1.46. The molecule has 0 unspecified atom stereocenters. The van der Waals surface area contributed by atoms with E-state index in [-0.39, 0.29) is 0 Å². The molecule has 0 aliphatic rings. The highest BCUT2D eigenvalue weighted by molar-refractivity contribution is 5.74. The number of likely N-dealkylation sites (N-methyl/N-ethyl adjacent to an activating group) is 1. The van der Waals surface area contributed by atoms with Gasteiger partial charge in [0.25, 0.3) is 0 Å². The first-order chi connectivity index (χ1) is 9.09.